The van der Waals surface area contributed by atoms with Crippen LogP contribution in [-0.4, -0.2) is 57.1 Å². The van der Waals surface area contributed by atoms with E-state index in [-0.39, 0.29) is 0 Å². The first-order chi connectivity index (χ1) is 15.6. The van der Waals surface area contributed by atoms with Crippen LogP contribution in [0.4, 0.5) is 0 Å². The summed E-state index contributed by atoms with van der Waals surface area (Å²) in [4.78, 5) is 6.36. The maximum absolute atomic E-state index is 5.40. The predicted octanol–water partition coefficient (Wildman–Crippen LogP) is 4.89. The van der Waals surface area contributed by atoms with Gasteiger partial charge in [0.1, 0.15) is 0 Å². The van der Waals surface area contributed by atoms with Crippen LogP contribution >= 0.6 is 0 Å². The van der Waals surface area contributed by atoms with Gasteiger partial charge >= 0.3 is 0 Å². The topological polar surface area (TPSA) is 58.5 Å². The molecule has 0 bridgehead atoms. The smallest absolute Gasteiger partial charge is 0.0874 e. The highest BCUT2D eigenvalue weighted by atomic mass is 16.5. The summed E-state index contributed by atoms with van der Waals surface area (Å²) in [6, 6.07) is 12.1. The SMILES string of the molecule is Cc1cc(-c2[nH]c3ccc(C4CCN(C5COC5)CC4)cc3c2C(C)C)cc2cnnn12. The molecule has 2 aliphatic heterocycles. The number of fused-ring (bicyclic) bond motifs is 2. The number of aromatic nitrogens is 4. The number of aromatic amines is 1. The highest BCUT2D eigenvalue weighted by molar-refractivity contribution is 5.92. The average molecular weight is 430 g/mol. The first-order valence-electron chi connectivity index (χ1n) is 11.9. The Kier molecular flexibility index (Phi) is 4.81. The Bertz CT molecular complexity index is 1270. The van der Waals surface area contributed by atoms with Crippen LogP contribution in [0, 0.1) is 6.92 Å². The Morgan fingerprint density at radius 3 is 2.62 bits per heavy atom. The van der Waals surface area contributed by atoms with Crippen LogP contribution in [0.1, 0.15) is 55.3 Å². The van der Waals surface area contributed by atoms with Crippen LogP contribution in [0.15, 0.2) is 36.5 Å². The summed E-state index contributed by atoms with van der Waals surface area (Å²) < 4.78 is 7.29. The number of nitrogens with zero attached hydrogens (tertiary/aromatic N) is 4. The molecule has 3 aromatic heterocycles. The largest absolute Gasteiger partial charge is 0.378 e. The zero-order valence-electron chi connectivity index (χ0n) is 19.1. The molecule has 5 heterocycles. The minimum atomic E-state index is 0.425. The fourth-order valence-electron chi connectivity index (χ4n) is 5.59. The number of aryl methyl sites for hydroxylation is 1. The second-order valence-corrected chi connectivity index (χ2v) is 9.83. The van der Waals surface area contributed by atoms with Gasteiger partial charge in [0.15, 0.2) is 0 Å². The highest BCUT2D eigenvalue weighted by Crippen LogP contribution is 2.39. The van der Waals surface area contributed by atoms with E-state index < -0.39 is 0 Å². The summed E-state index contributed by atoms with van der Waals surface area (Å²) in [5.41, 5.74) is 8.66. The van der Waals surface area contributed by atoms with Gasteiger partial charge < -0.3 is 9.72 Å². The van der Waals surface area contributed by atoms with E-state index in [2.05, 4.69) is 71.3 Å². The molecule has 0 unspecified atom stereocenters. The molecule has 2 aliphatic rings. The van der Waals surface area contributed by atoms with Crippen molar-refractivity contribution >= 4 is 16.4 Å². The van der Waals surface area contributed by atoms with E-state index in [0.717, 1.165) is 24.4 Å². The normalized spacial score (nSPS) is 18.8. The Labute approximate surface area is 188 Å². The van der Waals surface area contributed by atoms with Crippen molar-refractivity contribution in [1.82, 2.24) is 24.7 Å². The van der Waals surface area contributed by atoms with Crippen LogP contribution < -0.4 is 0 Å². The highest BCUT2D eigenvalue weighted by Gasteiger charge is 2.30. The number of likely N-dealkylation sites (tertiary alicyclic amines) is 1. The molecular weight excluding hydrogens is 398 g/mol. The molecular formula is C26H31N5O. The van der Waals surface area contributed by atoms with E-state index in [0.29, 0.717) is 17.9 Å². The fraction of sp³-hybridized carbons (Fsp3) is 0.462. The van der Waals surface area contributed by atoms with E-state index in [9.17, 15) is 0 Å². The van der Waals surface area contributed by atoms with Crippen LogP contribution in [0.25, 0.3) is 27.7 Å². The maximum atomic E-state index is 5.40. The van der Waals surface area contributed by atoms with E-state index >= 15 is 0 Å². The molecule has 1 aromatic carbocycles. The third-order valence-electron chi connectivity index (χ3n) is 7.44. The minimum absolute atomic E-state index is 0.425. The van der Waals surface area contributed by atoms with Gasteiger partial charge in [-0.15, -0.1) is 5.10 Å². The van der Waals surface area contributed by atoms with Crippen molar-refractivity contribution < 1.29 is 4.74 Å². The van der Waals surface area contributed by atoms with Gasteiger partial charge in [-0.3, -0.25) is 4.90 Å². The average Bonchev–Trinajstić information content (AvgIpc) is 3.37. The number of rotatable bonds is 4. The third-order valence-corrected chi connectivity index (χ3v) is 7.44. The molecule has 2 saturated heterocycles. The predicted molar refractivity (Wildman–Crippen MR) is 127 cm³/mol. The van der Waals surface area contributed by atoms with E-state index in [4.69, 9.17) is 4.74 Å². The van der Waals surface area contributed by atoms with Crippen molar-refractivity contribution in [2.24, 2.45) is 0 Å². The summed E-state index contributed by atoms with van der Waals surface area (Å²) in [7, 11) is 0. The lowest BCUT2D eigenvalue weighted by Crippen LogP contribution is -2.51. The number of hydrogen-bond donors (Lipinski definition) is 1. The van der Waals surface area contributed by atoms with Gasteiger partial charge in [0.05, 0.1) is 36.7 Å². The summed E-state index contributed by atoms with van der Waals surface area (Å²) in [5.74, 6) is 1.07. The molecule has 0 spiro atoms. The zero-order valence-corrected chi connectivity index (χ0v) is 19.1. The van der Waals surface area contributed by atoms with Gasteiger partial charge in [-0.05, 0) is 80.1 Å². The number of piperidine rings is 1. The van der Waals surface area contributed by atoms with E-state index in [1.54, 1.807) is 0 Å². The number of benzene rings is 1. The van der Waals surface area contributed by atoms with Crippen LogP contribution in [0.3, 0.4) is 0 Å². The number of nitrogens with one attached hydrogen (secondary N) is 1. The standard InChI is InChI=1S/C26H31N5O/c1-16(2)25-23-12-19(18-6-8-30(9-7-18)22-14-32-15-22)4-5-24(23)28-26(25)20-10-17(3)31-21(11-20)13-27-29-31/h4-5,10-13,16,18,22,28H,6-9,14-15H2,1-3H3. The zero-order chi connectivity index (χ0) is 21.8. The second-order valence-electron chi connectivity index (χ2n) is 9.83. The van der Waals surface area contributed by atoms with Crippen LogP contribution in [0.2, 0.25) is 0 Å². The van der Waals surface area contributed by atoms with Gasteiger partial charge in [0, 0.05) is 22.2 Å². The van der Waals surface area contributed by atoms with Gasteiger partial charge in [0.2, 0.25) is 0 Å². The summed E-state index contributed by atoms with van der Waals surface area (Å²) >= 11 is 0. The molecule has 0 aliphatic carbocycles. The minimum Gasteiger partial charge on any atom is -0.378 e. The lowest BCUT2D eigenvalue weighted by molar-refractivity contribution is -0.0712. The molecule has 6 heteroatoms. The number of ether oxygens (including phenoxy) is 1. The molecule has 0 radical (unpaired) electrons. The number of hydrogen-bond acceptors (Lipinski definition) is 4. The quantitative estimate of drug-likeness (QED) is 0.502. The molecule has 1 N–H and O–H groups in total. The van der Waals surface area contributed by atoms with Crippen molar-refractivity contribution in [3.8, 4) is 11.3 Å². The first-order valence-corrected chi connectivity index (χ1v) is 11.9. The summed E-state index contributed by atoms with van der Waals surface area (Å²) in [6.07, 6.45) is 4.30. The van der Waals surface area contributed by atoms with Crippen molar-refractivity contribution in [2.75, 3.05) is 26.3 Å². The molecule has 0 atom stereocenters. The molecule has 166 valence electrons. The van der Waals surface area contributed by atoms with E-state index in [1.807, 2.05) is 10.7 Å². The number of pyridine rings is 1. The molecule has 4 aromatic rings. The number of H-pyrrole nitrogens is 1. The molecule has 32 heavy (non-hydrogen) atoms. The van der Waals surface area contributed by atoms with Gasteiger partial charge in [-0.1, -0.05) is 25.1 Å². The van der Waals surface area contributed by atoms with Crippen molar-refractivity contribution in [3.05, 3.63) is 53.3 Å². The lowest BCUT2D eigenvalue weighted by atomic mass is 9.87. The molecule has 2 fully saturated rings. The monoisotopic (exact) mass is 429 g/mol. The molecule has 6 nitrogen and oxygen atoms in total. The van der Waals surface area contributed by atoms with E-state index in [1.165, 1.54) is 59.2 Å². The van der Waals surface area contributed by atoms with Crippen molar-refractivity contribution in [2.45, 2.75) is 51.5 Å². The first kappa shape index (κ1) is 19.9. The Balaban J connectivity index is 1.37. The van der Waals surface area contributed by atoms with Crippen molar-refractivity contribution in [1.29, 1.82) is 0 Å². The van der Waals surface area contributed by atoms with Crippen molar-refractivity contribution in [3.63, 3.8) is 0 Å². The Hall–Kier alpha value is -2.70. The lowest BCUT2D eigenvalue weighted by Gasteiger charge is -2.41. The third kappa shape index (κ3) is 3.24. The summed E-state index contributed by atoms with van der Waals surface area (Å²) in [5, 5.41) is 9.63. The van der Waals surface area contributed by atoms with Crippen LogP contribution in [0.5, 0.6) is 0 Å². The second kappa shape index (κ2) is 7.71. The maximum Gasteiger partial charge on any atom is 0.0874 e. The Morgan fingerprint density at radius 1 is 1.09 bits per heavy atom. The van der Waals surface area contributed by atoms with Crippen LogP contribution in [-0.2, 0) is 4.74 Å². The molecule has 0 amide bonds. The fourth-order valence-corrected chi connectivity index (χ4v) is 5.59. The Morgan fingerprint density at radius 2 is 1.91 bits per heavy atom. The molecule has 0 saturated carbocycles. The summed E-state index contributed by atoms with van der Waals surface area (Å²) in [6.45, 7) is 10.9. The van der Waals surface area contributed by atoms with Gasteiger partial charge in [-0.25, -0.2) is 4.52 Å². The molecule has 6 rings (SSSR count). The van der Waals surface area contributed by atoms with Gasteiger partial charge in [0.25, 0.3) is 0 Å². The van der Waals surface area contributed by atoms with Gasteiger partial charge in [-0.2, -0.15) is 0 Å².